The summed E-state index contributed by atoms with van der Waals surface area (Å²) in [4.78, 5) is 4.21. The smallest absolute Gasteiger partial charge is 0.140 e. The molecule has 2 aromatic rings. The zero-order valence-electron chi connectivity index (χ0n) is 8.24. The molecule has 1 aromatic heterocycles. The fourth-order valence-corrected chi connectivity index (χ4v) is 2.22. The molecule has 0 fully saturated rings. The molecule has 0 bridgehead atoms. The van der Waals surface area contributed by atoms with E-state index in [0.29, 0.717) is 11.8 Å². The van der Waals surface area contributed by atoms with Crippen LogP contribution in [0.5, 0.6) is 5.75 Å². The van der Waals surface area contributed by atoms with Crippen molar-refractivity contribution in [1.82, 2.24) is 4.98 Å². The first-order chi connectivity index (χ1) is 7.29. The van der Waals surface area contributed by atoms with E-state index in [1.807, 2.05) is 36.6 Å². The van der Waals surface area contributed by atoms with Crippen LogP contribution in [0, 0.1) is 0 Å². The summed E-state index contributed by atoms with van der Waals surface area (Å²) < 4.78 is 5.42. The molecule has 15 heavy (non-hydrogen) atoms. The number of hydrogen-bond donors (Lipinski definition) is 0. The van der Waals surface area contributed by atoms with Gasteiger partial charge in [-0.2, -0.15) is 0 Å². The van der Waals surface area contributed by atoms with Gasteiger partial charge in [0.1, 0.15) is 15.9 Å². The molecule has 1 aromatic carbocycles. The topological polar surface area (TPSA) is 22.1 Å². The molecule has 0 spiro atoms. The van der Waals surface area contributed by atoms with Gasteiger partial charge in [0, 0.05) is 10.9 Å². The lowest BCUT2D eigenvalue weighted by Crippen LogP contribution is -1.90. The lowest BCUT2D eigenvalue weighted by molar-refractivity contribution is 0.340. The monoisotopic (exact) mass is 239 g/mol. The van der Waals surface area contributed by atoms with E-state index in [1.54, 1.807) is 0 Å². The number of rotatable bonds is 3. The van der Waals surface area contributed by atoms with E-state index in [2.05, 4.69) is 4.98 Å². The number of aromatic nitrogens is 1. The number of halogens is 1. The van der Waals surface area contributed by atoms with Gasteiger partial charge in [-0.25, -0.2) is 4.98 Å². The van der Waals surface area contributed by atoms with Crippen molar-refractivity contribution in [1.29, 1.82) is 0 Å². The summed E-state index contributed by atoms with van der Waals surface area (Å²) in [7, 11) is 0. The maximum atomic E-state index is 5.78. The molecule has 0 N–H and O–H groups in total. The van der Waals surface area contributed by atoms with Gasteiger partial charge in [0.15, 0.2) is 0 Å². The Morgan fingerprint density at radius 2 is 2.33 bits per heavy atom. The Kier molecular flexibility index (Phi) is 3.23. The van der Waals surface area contributed by atoms with Crippen LogP contribution in [-0.2, 0) is 0 Å². The van der Waals surface area contributed by atoms with Gasteiger partial charge in [-0.05, 0) is 19.1 Å². The average Bonchev–Trinajstić information content (AvgIpc) is 2.66. The van der Waals surface area contributed by atoms with E-state index in [9.17, 15) is 0 Å². The number of nitrogens with zero attached hydrogens (tertiary/aromatic N) is 1. The van der Waals surface area contributed by atoms with Crippen molar-refractivity contribution < 1.29 is 4.74 Å². The third kappa shape index (κ3) is 2.49. The van der Waals surface area contributed by atoms with Crippen molar-refractivity contribution in [3.8, 4) is 16.3 Å². The fraction of sp³-hybridized carbons (Fsp3) is 0.182. The van der Waals surface area contributed by atoms with Crippen molar-refractivity contribution in [3.63, 3.8) is 0 Å². The van der Waals surface area contributed by atoms with Crippen LogP contribution in [-0.4, -0.2) is 11.6 Å². The van der Waals surface area contributed by atoms with Crippen molar-refractivity contribution in [2.45, 2.75) is 6.92 Å². The van der Waals surface area contributed by atoms with Crippen molar-refractivity contribution in [2.24, 2.45) is 0 Å². The second kappa shape index (κ2) is 4.64. The van der Waals surface area contributed by atoms with Gasteiger partial charge in [-0.3, -0.25) is 0 Å². The first-order valence-corrected chi connectivity index (χ1v) is 5.89. The molecule has 2 rings (SSSR count). The number of ether oxygens (including phenoxy) is 1. The molecule has 0 aliphatic carbocycles. The SMILES string of the molecule is CCOc1cccc(-c2nc(Cl)cs2)c1. The molecule has 0 aliphatic heterocycles. The predicted octanol–water partition coefficient (Wildman–Crippen LogP) is 3.86. The second-order valence-corrected chi connectivity index (χ2v) is 4.18. The Hall–Kier alpha value is -1.06. The van der Waals surface area contributed by atoms with Gasteiger partial charge in [-0.1, -0.05) is 23.7 Å². The van der Waals surface area contributed by atoms with Crippen LogP contribution in [0.2, 0.25) is 5.15 Å². The van der Waals surface area contributed by atoms with E-state index in [4.69, 9.17) is 16.3 Å². The zero-order valence-corrected chi connectivity index (χ0v) is 9.81. The molecule has 4 heteroatoms. The third-order valence-electron chi connectivity index (χ3n) is 1.87. The van der Waals surface area contributed by atoms with Gasteiger partial charge in [0.05, 0.1) is 6.61 Å². The van der Waals surface area contributed by atoms with Crippen LogP contribution < -0.4 is 4.74 Å². The van der Waals surface area contributed by atoms with E-state index in [1.165, 1.54) is 11.3 Å². The summed E-state index contributed by atoms with van der Waals surface area (Å²) in [6.07, 6.45) is 0. The summed E-state index contributed by atoms with van der Waals surface area (Å²) in [6.45, 7) is 2.63. The molecule has 0 atom stereocenters. The maximum Gasteiger partial charge on any atom is 0.140 e. The Balaban J connectivity index is 2.32. The highest BCUT2D eigenvalue weighted by atomic mass is 35.5. The minimum Gasteiger partial charge on any atom is -0.494 e. The average molecular weight is 240 g/mol. The Morgan fingerprint density at radius 1 is 1.47 bits per heavy atom. The molecule has 0 aliphatic rings. The molecule has 78 valence electrons. The van der Waals surface area contributed by atoms with Crippen LogP contribution in [0.4, 0.5) is 0 Å². The molecule has 0 saturated heterocycles. The molecule has 0 unspecified atom stereocenters. The summed E-state index contributed by atoms with van der Waals surface area (Å²) in [5.74, 6) is 0.862. The maximum absolute atomic E-state index is 5.78. The number of thiazole rings is 1. The number of hydrogen-bond acceptors (Lipinski definition) is 3. The Morgan fingerprint density at radius 3 is 3.00 bits per heavy atom. The van der Waals surface area contributed by atoms with Crippen molar-refractivity contribution >= 4 is 22.9 Å². The molecule has 0 saturated carbocycles. The minimum absolute atomic E-state index is 0.539. The predicted molar refractivity (Wildman–Crippen MR) is 63.7 cm³/mol. The minimum atomic E-state index is 0.539. The highest BCUT2D eigenvalue weighted by Crippen LogP contribution is 2.28. The van der Waals surface area contributed by atoms with Gasteiger partial charge < -0.3 is 4.74 Å². The van der Waals surface area contributed by atoms with Crippen LogP contribution in [0.3, 0.4) is 0 Å². The normalized spacial score (nSPS) is 10.3. The molecule has 1 heterocycles. The lowest BCUT2D eigenvalue weighted by Gasteiger charge is -2.03. The van der Waals surface area contributed by atoms with Crippen molar-refractivity contribution in [2.75, 3.05) is 6.61 Å². The van der Waals surface area contributed by atoms with Gasteiger partial charge >= 0.3 is 0 Å². The van der Waals surface area contributed by atoms with Crippen LogP contribution >= 0.6 is 22.9 Å². The second-order valence-electron chi connectivity index (χ2n) is 2.94. The zero-order chi connectivity index (χ0) is 10.7. The van der Waals surface area contributed by atoms with Crippen LogP contribution in [0.15, 0.2) is 29.6 Å². The van der Waals surface area contributed by atoms with Gasteiger partial charge in [0.2, 0.25) is 0 Å². The highest BCUT2D eigenvalue weighted by Gasteiger charge is 2.04. The first-order valence-electron chi connectivity index (χ1n) is 4.64. The largest absolute Gasteiger partial charge is 0.494 e. The molecule has 0 radical (unpaired) electrons. The van der Waals surface area contributed by atoms with Crippen LogP contribution in [0.1, 0.15) is 6.92 Å². The van der Waals surface area contributed by atoms with Crippen molar-refractivity contribution in [3.05, 3.63) is 34.8 Å². The summed E-state index contributed by atoms with van der Waals surface area (Å²) in [6, 6.07) is 7.86. The third-order valence-corrected chi connectivity index (χ3v) is 3.08. The number of benzene rings is 1. The van der Waals surface area contributed by atoms with Crippen LogP contribution in [0.25, 0.3) is 10.6 Å². The van der Waals surface area contributed by atoms with Gasteiger partial charge in [0.25, 0.3) is 0 Å². The summed E-state index contributed by atoms with van der Waals surface area (Å²) >= 11 is 7.31. The Bertz CT molecular complexity index is 455. The molecule has 0 amide bonds. The van der Waals surface area contributed by atoms with Gasteiger partial charge in [-0.15, -0.1) is 11.3 Å². The first kappa shape index (κ1) is 10.5. The summed E-state index contributed by atoms with van der Waals surface area (Å²) in [5, 5.41) is 3.28. The van der Waals surface area contributed by atoms with E-state index in [-0.39, 0.29) is 0 Å². The van der Waals surface area contributed by atoms with E-state index >= 15 is 0 Å². The van der Waals surface area contributed by atoms with E-state index in [0.717, 1.165) is 16.3 Å². The van der Waals surface area contributed by atoms with E-state index < -0.39 is 0 Å². The quantitative estimate of drug-likeness (QED) is 0.812. The molecular formula is C11H10ClNOS. The molecular weight excluding hydrogens is 230 g/mol. The summed E-state index contributed by atoms with van der Waals surface area (Å²) in [5.41, 5.74) is 1.04. The standard InChI is InChI=1S/C11H10ClNOS/c1-2-14-9-5-3-4-8(6-9)11-13-10(12)7-15-11/h3-7H,2H2,1H3. The molecule has 2 nitrogen and oxygen atoms in total. The Labute approximate surface area is 97.5 Å². The highest BCUT2D eigenvalue weighted by molar-refractivity contribution is 7.13. The lowest BCUT2D eigenvalue weighted by atomic mass is 10.2. The fourth-order valence-electron chi connectivity index (χ4n) is 1.27.